The summed E-state index contributed by atoms with van der Waals surface area (Å²) < 4.78 is 5.17. The van der Waals surface area contributed by atoms with E-state index >= 15 is 0 Å². The molecule has 0 bridgehead atoms. The Kier molecular flexibility index (Phi) is 3.90. The van der Waals surface area contributed by atoms with E-state index in [-0.39, 0.29) is 5.75 Å². The lowest BCUT2D eigenvalue weighted by molar-refractivity contribution is 0.414. The molecular formula is C15H18N2O2. The van der Waals surface area contributed by atoms with E-state index in [0.717, 1.165) is 22.7 Å². The van der Waals surface area contributed by atoms with Crippen molar-refractivity contribution in [3.8, 4) is 11.5 Å². The molecule has 0 fully saturated rings. The standard InChI is InChI=1S/C15H18N2O2/c1-10-8-12(19-3)5-6-13(10)16-9-14-15(18)7-4-11(2)17-14/h4-8,16,18H,9H2,1-3H3. The topological polar surface area (TPSA) is 54.4 Å². The van der Waals surface area contributed by atoms with Crippen molar-refractivity contribution in [3.63, 3.8) is 0 Å². The Bertz CT molecular complexity index is 582. The van der Waals surface area contributed by atoms with Crippen molar-refractivity contribution in [1.82, 2.24) is 4.98 Å². The van der Waals surface area contributed by atoms with Crippen molar-refractivity contribution in [1.29, 1.82) is 0 Å². The van der Waals surface area contributed by atoms with Crippen LogP contribution < -0.4 is 10.1 Å². The fourth-order valence-electron chi connectivity index (χ4n) is 1.87. The molecule has 1 aromatic carbocycles. The Morgan fingerprint density at radius 2 is 2.00 bits per heavy atom. The summed E-state index contributed by atoms with van der Waals surface area (Å²) in [7, 11) is 1.65. The number of aromatic hydroxyl groups is 1. The van der Waals surface area contributed by atoms with E-state index in [1.165, 1.54) is 0 Å². The quantitative estimate of drug-likeness (QED) is 0.885. The zero-order valence-corrected chi connectivity index (χ0v) is 11.4. The first-order valence-corrected chi connectivity index (χ1v) is 6.14. The van der Waals surface area contributed by atoms with Crippen LogP contribution in [0.15, 0.2) is 30.3 Å². The average molecular weight is 258 g/mol. The minimum Gasteiger partial charge on any atom is -0.506 e. The van der Waals surface area contributed by atoms with Crippen LogP contribution in [0.5, 0.6) is 11.5 Å². The second-order valence-electron chi connectivity index (χ2n) is 4.45. The summed E-state index contributed by atoms with van der Waals surface area (Å²) in [5.74, 6) is 1.05. The highest BCUT2D eigenvalue weighted by atomic mass is 16.5. The van der Waals surface area contributed by atoms with Gasteiger partial charge in [-0.1, -0.05) is 0 Å². The van der Waals surface area contributed by atoms with Gasteiger partial charge in [0.15, 0.2) is 0 Å². The summed E-state index contributed by atoms with van der Waals surface area (Å²) in [5.41, 5.74) is 3.63. The third-order valence-corrected chi connectivity index (χ3v) is 2.97. The Labute approximate surface area is 113 Å². The highest BCUT2D eigenvalue weighted by Crippen LogP contribution is 2.22. The van der Waals surface area contributed by atoms with Gasteiger partial charge >= 0.3 is 0 Å². The van der Waals surface area contributed by atoms with E-state index in [1.54, 1.807) is 19.2 Å². The maximum absolute atomic E-state index is 9.74. The number of ether oxygens (including phenoxy) is 1. The lowest BCUT2D eigenvalue weighted by atomic mass is 10.2. The molecule has 0 atom stereocenters. The Morgan fingerprint density at radius 1 is 1.21 bits per heavy atom. The van der Waals surface area contributed by atoms with Crippen LogP contribution in [0, 0.1) is 13.8 Å². The molecule has 0 aliphatic carbocycles. The maximum atomic E-state index is 9.74. The number of methoxy groups -OCH3 is 1. The first-order valence-electron chi connectivity index (χ1n) is 6.14. The third kappa shape index (κ3) is 3.16. The van der Waals surface area contributed by atoms with Crippen molar-refractivity contribution in [2.75, 3.05) is 12.4 Å². The molecule has 0 aliphatic heterocycles. The molecule has 0 aliphatic rings. The van der Waals surface area contributed by atoms with E-state index in [9.17, 15) is 5.11 Å². The normalized spacial score (nSPS) is 10.3. The lowest BCUT2D eigenvalue weighted by Crippen LogP contribution is -2.04. The van der Waals surface area contributed by atoms with Crippen molar-refractivity contribution < 1.29 is 9.84 Å². The van der Waals surface area contributed by atoms with E-state index in [1.807, 2.05) is 32.0 Å². The molecule has 4 heteroatoms. The predicted octanol–water partition coefficient (Wildman–Crippen LogP) is 3.02. The number of hydrogen-bond acceptors (Lipinski definition) is 4. The highest BCUT2D eigenvalue weighted by Gasteiger charge is 2.05. The smallest absolute Gasteiger partial charge is 0.138 e. The van der Waals surface area contributed by atoms with E-state index in [0.29, 0.717) is 12.2 Å². The van der Waals surface area contributed by atoms with Crippen LogP contribution in [-0.4, -0.2) is 17.2 Å². The van der Waals surface area contributed by atoms with Crippen LogP contribution in [0.4, 0.5) is 5.69 Å². The van der Waals surface area contributed by atoms with Gasteiger partial charge in [0.1, 0.15) is 17.2 Å². The van der Waals surface area contributed by atoms with Crippen LogP contribution in [0.2, 0.25) is 0 Å². The predicted molar refractivity (Wildman–Crippen MR) is 75.7 cm³/mol. The number of nitrogens with one attached hydrogen (secondary N) is 1. The van der Waals surface area contributed by atoms with Gasteiger partial charge in [0.05, 0.1) is 13.7 Å². The van der Waals surface area contributed by atoms with Crippen molar-refractivity contribution in [2.45, 2.75) is 20.4 Å². The zero-order valence-electron chi connectivity index (χ0n) is 11.4. The summed E-state index contributed by atoms with van der Waals surface area (Å²) in [4.78, 5) is 4.31. The fraction of sp³-hybridized carbons (Fsp3) is 0.267. The van der Waals surface area contributed by atoms with Crippen LogP contribution in [0.25, 0.3) is 0 Å². The molecule has 0 saturated carbocycles. The Morgan fingerprint density at radius 3 is 2.68 bits per heavy atom. The second kappa shape index (κ2) is 5.61. The van der Waals surface area contributed by atoms with Gasteiger partial charge in [-0.25, -0.2) is 0 Å². The van der Waals surface area contributed by atoms with Crippen LogP contribution in [0.1, 0.15) is 17.0 Å². The van der Waals surface area contributed by atoms with Crippen molar-refractivity contribution >= 4 is 5.69 Å². The van der Waals surface area contributed by atoms with Gasteiger partial charge in [0.25, 0.3) is 0 Å². The largest absolute Gasteiger partial charge is 0.506 e. The average Bonchev–Trinajstić information content (AvgIpc) is 2.40. The summed E-state index contributed by atoms with van der Waals surface area (Å²) in [5, 5.41) is 13.0. The molecule has 0 amide bonds. The Balaban J connectivity index is 2.12. The van der Waals surface area contributed by atoms with E-state index in [4.69, 9.17) is 4.74 Å². The summed E-state index contributed by atoms with van der Waals surface area (Å²) in [6.07, 6.45) is 0. The minimum absolute atomic E-state index is 0.212. The number of pyridine rings is 1. The van der Waals surface area contributed by atoms with Crippen molar-refractivity contribution in [3.05, 3.63) is 47.3 Å². The van der Waals surface area contributed by atoms with Gasteiger partial charge in [0, 0.05) is 11.4 Å². The molecule has 0 spiro atoms. The summed E-state index contributed by atoms with van der Waals surface area (Å²) >= 11 is 0. The van der Waals surface area contributed by atoms with E-state index < -0.39 is 0 Å². The van der Waals surface area contributed by atoms with Crippen LogP contribution in [0.3, 0.4) is 0 Å². The molecule has 100 valence electrons. The van der Waals surface area contributed by atoms with Gasteiger partial charge in [-0.15, -0.1) is 0 Å². The van der Waals surface area contributed by atoms with E-state index in [2.05, 4.69) is 10.3 Å². The first-order chi connectivity index (χ1) is 9.10. The number of aryl methyl sites for hydroxylation is 2. The first kappa shape index (κ1) is 13.2. The van der Waals surface area contributed by atoms with Crippen molar-refractivity contribution in [2.24, 2.45) is 0 Å². The van der Waals surface area contributed by atoms with Crippen LogP contribution in [-0.2, 0) is 6.54 Å². The number of hydrogen-bond donors (Lipinski definition) is 2. The Hall–Kier alpha value is -2.23. The lowest BCUT2D eigenvalue weighted by Gasteiger charge is -2.11. The van der Waals surface area contributed by atoms with Gasteiger partial charge in [0.2, 0.25) is 0 Å². The minimum atomic E-state index is 0.212. The number of benzene rings is 1. The number of rotatable bonds is 4. The van der Waals surface area contributed by atoms with Gasteiger partial charge < -0.3 is 15.2 Å². The molecule has 2 N–H and O–H groups in total. The molecule has 2 aromatic rings. The second-order valence-corrected chi connectivity index (χ2v) is 4.45. The molecule has 4 nitrogen and oxygen atoms in total. The summed E-state index contributed by atoms with van der Waals surface area (Å²) in [6.45, 7) is 4.40. The molecule has 0 saturated heterocycles. The molecule has 2 rings (SSSR count). The highest BCUT2D eigenvalue weighted by molar-refractivity contribution is 5.54. The molecule has 19 heavy (non-hydrogen) atoms. The van der Waals surface area contributed by atoms with Crippen LogP contribution >= 0.6 is 0 Å². The molecular weight excluding hydrogens is 240 g/mol. The number of nitrogens with zero attached hydrogens (tertiary/aromatic N) is 1. The zero-order chi connectivity index (χ0) is 13.8. The molecule has 0 radical (unpaired) electrons. The fourth-order valence-corrected chi connectivity index (χ4v) is 1.87. The summed E-state index contributed by atoms with van der Waals surface area (Å²) in [6, 6.07) is 9.28. The monoisotopic (exact) mass is 258 g/mol. The maximum Gasteiger partial charge on any atom is 0.138 e. The molecule has 1 aromatic heterocycles. The van der Waals surface area contributed by atoms with Gasteiger partial charge in [-0.05, 0) is 49.7 Å². The third-order valence-electron chi connectivity index (χ3n) is 2.97. The van der Waals surface area contributed by atoms with Gasteiger partial charge in [-0.2, -0.15) is 0 Å². The number of aromatic nitrogens is 1. The SMILES string of the molecule is COc1ccc(NCc2nc(C)ccc2O)c(C)c1. The molecule has 1 heterocycles. The molecule has 0 unspecified atom stereocenters. The van der Waals surface area contributed by atoms with Gasteiger partial charge in [-0.3, -0.25) is 4.98 Å². The number of anilines is 1.